The van der Waals surface area contributed by atoms with E-state index in [9.17, 15) is 14.4 Å². The maximum Gasteiger partial charge on any atom is 0.329 e. The molecule has 0 saturated carbocycles. The molecule has 39 heavy (non-hydrogen) atoms. The van der Waals surface area contributed by atoms with Crippen LogP contribution in [0.25, 0.3) is 0 Å². The molecule has 2 heterocycles. The Kier molecular flexibility index (Phi) is 9.89. The third kappa shape index (κ3) is 7.34. The maximum atomic E-state index is 14.0. The summed E-state index contributed by atoms with van der Waals surface area (Å²) in [4.78, 5) is 48.3. The zero-order valence-corrected chi connectivity index (χ0v) is 22.9. The van der Waals surface area contributed by atoms with Gasteiger partial charge < -0.3 is 19.1 Å². The van der Waals surface area contributed by atoms with E-state index in [-0.39, 0.29) is 31.4 Å². The highest BCUT2D eigenvalue weighted by molar-refractivity contribution is 5.92. The zero-order valence-electron chi connectivity index (χ0n) is 22.9. The molecule has 0 bridgehead atoms. The fourth-order valence-corrected chi connectivity index (χ4v) is 5.14. The van der Waals surface area contributed by atoms with E-state index in [0.29, 0.717) is 25.8 Å². The smallest absolute Gasteiger partial charge is 0.329 e. The lowest BCUT2D eigenvalue weighted by Gasteiger charge is -2.43. The summed E-state index contributed by atoms with van der Waals surface area (Å²) in [7, 11) is 0. The molecule has 1 aliphatic heterocycles. The van der Waals surface area contributed by atoms with E-state index in [2.05, 4.69) is 11.9 Å². The van der Waals surface area contributed by atoms with Gasteiger partial charge >= 0.3 is 5.97 Å². The first-order valence-corrected chi connectivity index (χ1v) is 13.8. The van der Waals surface area contributed by atoms with Crippen LogP contribution in [-0.4, -0.2) is 68.9 Å². The predicted octanol–water partition coefficient (Wildman–Crippen LogP) is 3.68. The van der Waals surface area contributed by atoms with E-state index in [4.69, 9.17) is 4.74 Å². The second-order valence-electron chi connectivity index (χ2n) is 9.88. The molecule has 206 valence electrons. The molecule has 8 nitrogen and oxygen atoms in total. The molecule has 4 rings (SSSR count). The minimum atomic E-state index is -0.752. The number of rotatable bonds is 12. The average Bonchev–Trinajstić information content (AvgIpc) is 3.40. The van der Waals surface area contributed by atoms with Crippen LogP contribution in [0.3, 0.4) is 0 Å². The largest absolute Gasteiger partial charge is 0.464 e. The molecular formula is C31H38N4O4. The first-order valence-electron chi connectivity index (χ1n) is 13.8. The number of benzene rings is 2. The quantitative estimate of drug-likeness (QED) is 0.334. The van der Waals surface area contributed by atoms with Gasteiger partial charge in [0.2, 0.25) is 11.8 Å². The van der Waals surface area contributed by atoms with E-state index < -0.39 is 18.1 Å². The number of aromatic nitrogens is 2. The van der Waals surface area contributed by atoms with E-state index in [1.165, 1.54) is 0 Å². The molecule has 1 aromatic heterocycles. The molecule has 3 aromatic rings. The molecule has 0 radical (unpaired) electrons. The highest BCUT2D eigenvalue weighted by atomic mass is 16.5. The fraction of sp³-hybridized carbons (Fsp3) is 0.419. The summed E-state index contributed by atoms with van der Waals surface area (Å²) in [6.07, 6.45) is 6.32. The van der Waals surface area contributed by atoms with Crippen LogP contribution in [0.1, 0.15) is 43.5 Å². The van der Waals surface area contributed by atoms with E-state index in [0.717, 1.165) is 29.8 Å². The van der Waals surface area contributed by atoms with Crippen LogP contribution in [0, 0.1) is 0 Å². The van der Waals surface area contributed by atoms with E-state index in [1.807, 2.05) is 71.4 Å². The van der Waals surface area contributed by atoms with Crippen LogP contribution in [0.15, 0.2) is 73.2 Å². The van der Waals surface area contributed by atoms with Crippen LogP contribution in [0.5, 0.6) is 0 Å². The van der Waals surface area contributed by atoms with Crippen molar-refractivity contribution in [2.75, 3.05) is 19.7 Å². The topological polar surface area (TPSA) is 84.7 Å². The Morgan fingerprint density at radius 2 is 1.69 bits per heavy atom. The van der Waals surface area contributed by atoms with Gasteiger partial charge in [0.1, 0.15) is 12.1 Å². The lowest BCUT2D eigenvalue weighted by Crippen LogP contribution is -2.63. The number of amides is 2. The summed E-state index contributed by atoms with van der Waals surface area (Å²) >= 11 is 0. The summed E-state index contributed by atoms with van der Waals surface area (Å²) in [5, 5.41) is 0. The number of imidazole rings is 1. The highest BCUT2D eigenvalue weighted by Gasteiger charge is 2.42. The lowest BCUT2D eigenvalue weighted by molar-refractivity contribution is -0.162. The van der Waals surface area contributed by atoms with Gasteiger partial charge in [0.15, 0.2) is 0 Å². The summed E-state index contributed by atoms with van der Waals surface area (Å²) in [5.41, 5.74) is 2.78. The van der Waals surface area contributed by atoms with Gasteiger partial charge in [0.25, 0.3) is 0 Å². The van der Waals surface area contributed by atoms with Crippen LogP contribution in [-0.2, 0) is 44.9 Å². The predicted molar refractivity (Wildman–Crippen MR) is 149 cm³/mol. The fourth-order valence-electron chi connectivity index (χ4n) is 5.14. The van der Waals surface area contributed by atoms with Crippen LogP contribution in [0.4, 0.5) is 0 Å². The van der Waals surface area contributed by atoms with Crippen molar-refractivity contribution < 1.29 is 19.1 Å². The number of piperazine rings is 1. The maximum absolute atomic E-state index is 14.0. The normalized spacial score (nSPS) is 16.3. The number of hydrogen-bond donors (Lipinski definition) is 0. The molecule has 8 heteroatoms. The number of aryl methyl sites for hydroxylation is 2. The van der Waals surface area contributed by atoms with Crippen molar-refractivity contribution in [3.05, 3.63) is 90.0 Å². The number of hydrogen-bond acceptors (Lipinski definition) is 5. The van der Waals surface area contributed by atoms with Gasteiger partial charge in [0, 0.05) is 45.1 Å². The Morgan fingerprint density at radius 1 is 1.00 bits per heavy atom. The molecule has 0 unspecified atom stereocenters. The molecule has 1 aliphatic rings. The van der Waals surface area contributed by atoms with Crippen molar-refractivity contribution in [1.82, 2.24) is 19.4 Å². The molecule has 0 spiro atoms. The number of carbonyl (C=O) groups is 3. The summed E-state index contributed by atoms with van der Waals surface area (Å²) in [5.74, 6) is -0.722. The first kappa shape index (κ1) is 28.1. The van der Waals surface area contributed by atoms with Crippen molar-refractivity contribution in [3.63, 3.8) is 0 Å². The standard InChI is InChI=1S/C31H38N4O4/c1-3-17-33-22-26(32-23-33)15-16-29(36)34-18-19-35(30(37)27(34)20-24-11-7-5-8-12-24)28(31(38)39-4-2)21-25-13-9-6-10-14-25/h5-14,22-23,27-28H,3-4,15-21H2,1-2H3/t27-,28-/m0/s1. The summed E-state index contributed by atoms with van der Waals surface area (Å²) in [6.45, 7) is 5.63. The third-order valence-electron chi connectivity index (χ3n) is 7.09. The SMILES string of the molecule is CCCn1cnc(CCC(=O)N2CCN([C@@H](Cc3ccccc3)C(=O)OCC)C(=O)[C@@H]2Cc2ccccc2)c1. The Balaban J connectivity index is 1.54. The van der Waals surface area contributed by atoms with Crippen LogP contribution in [0.2, 0.25) is 0 Å². The van der Waals surface area contributed by atoms with Gasteiger partial charge in [-0.2, -0.15) is 0 Å². The molecule has 1 fully saturated rings. The molecule has 1 saturated heterocycles. The summed E-state index contributed by atoms with van der Waals surface area (Å²) < 4.78 is 7.42. The average molecular weight is 531 g/mol. The van der Waals surface area contributed by atoms with E-state index >= 15 is 0 Å². The van der Waals surface area contributed by atoms with Crippen molar-refractivity contribution in [3.8, 4) is 0 Å². The van der Waals surface area contributed by atoms with Gasteiger partial charge in [-0.1, -0.05) is 67.6 Å². The lowest BCUT2D eigenvalue weighted by atomic mass is 9.97. The van der Waals surface area contributed by atoms with Crippen LogP contribution < -0.4 is 0 Å². The van der Waals surface area contributed by atoms with Crippen LogP contribution >= 0.6 is 0 Å². The van der Waals surface area contributed by atoms with Crippen molar-refractivity contribution in [2.24, 2.45) is 0 Å². The number of nitrogens with zero attached hydrogens (tertiary/aromatic N) is 4. The third-order valence-corrected chi connectivity index (χ3v) is 7.09. The molecular weight excluding hydrogens is 492 g/mol. The molecule has 2 aromatic carbocycles. The Morgan fingerprint density at radius 3 is 2.36 bits per heavy atom. The van der Waals surface area contributed by atoms with Crippen molar-refractivity contribution in [2.45, 2.75) is 64.6 Å². The van der Waals surface area contributed by atoms with Gasteiger partial charge in [-0.05, 0) is 30.9 Å². The highest BCUT2D eigenvalue weighted by Crippen LogP contribution is 2.22. The minimum Gasteiger partial charge on any atom is -0.464 e. The van der Waals surface area contributed by atoms with Gasteiger partial charge in [0.05, 0.1) is 18.6 Å². The van der Waals surface area contributed by atoms with Crippen molar-refractivity contribution >= 4 is 17.8 Å². The van der Waals surface area contributed by atoms with Gasteiger partial charge in [-0.15, -0.1) is 0 Å². The first-order chi connectivity index (χ1) is 19.0. The molecule has 2 atom stereocenters. The van der Waals surface area contributed by atoms with Crippen molar-refractivity contribution in [1.29, 1.82) is 0 Å². The minimum absolute atomic E-state index is 0.0790. The second kappa shape index (κ2) is 13.7. The van der Waals surface area contributed by atoms with Gasteiger partial charge in [-0.25, -0.2) is 9.78 Å². The number of ether oxygens (including phenoxy) is 1. The second-order valence-corrected chi connectivity index (χ2v) is 9.88. The monoisotopic (exact) mass is 530 g/mol. The Bertz CT molecular complexity index is 1230. The van der Waals surface area contributed by atoms with Gasteiger partial charge in [-0.3, -0.25) is 9.59 Å². The van der Waals surface area contributed by atoms with E-state index in [1.54, 1.807) is 23.1 Å². The Labute approximate surface area is 230 Å². The Hall–Kier alpha value is -3.94. The molecule has 0 aliphatic carbocycles. The molecule has 0 N–H and O–H groups in total. The summed E-state index contributed by atoms with van der Waals surface area (Å²) in [6, 6.07) is 17.9. The number of carbonyl (C=O) groups excluding carboxylic acids is 3. The zero-order chi connectivity index (χ0) is 27.6. The molecule has 2 amide bonds. The number of esters is 1.